The second kappa shape index (κ2) is 16.3. The van der Waals surface area contributed by atoms with Gasteiger partial charge in [-0.1, -0.05) is 26.3 Å². The van der Waals surface area contributed by atoms with Gasteiger partial charge in [-0.15, -0.1) is 0 Å². The zero-order chi connectivity index (χ0) is 43.5. The van der Waals surface area contributed by atoms with E-state index in [2.05, 4.69) is 5.32 Å². The number of carbonyl (C=O) groups is 2. The number of dihydropyridines is 1. The molecule has 2 saturated heterocycles. The third-order valence-corrected chi connectivity index (χ3v) is 11.4. The van der Waals surface area contributed by atoms with E-state index < -0.39 is 114 Å². The fourth-order valence-electron chi connectivity index (χ4n) is 8.12. The van der Waals surface area contributed by atoms with Gasteiger partial charge in [-0.05, 0) is 48.6 Å². The first-order valence-electron chi connectivity index (χ1n) is 19.1. The van der Waals surface area contributed by atoms with Gasteiger partial charge in [0, 0.05) is 41.3 Å². The summed E-state index contributed by atoms with van der Waals surface area (Å²) in [6.07, 6.45) is -14.9. The number of esters is 1. The van der Waals surface area contributed by atoms with Gasteiger partial charge >= 0.3 is 11.9 Å². The van der Waals surface area contributed by atoms with Crippen molar-refractivity contribution in [1.82, 2.24) is 5.32 Å². The third kappa shape index (κ3) is 7.54. The average molecular weight is 843 g/mol. The summed E-state index contributed by atoms with van der Waals surface area (Å²) in [5, 5.41) is 110. The van der Waals surface area contributed by atoms with E-state index in [1.807, 2.05) is 13.8 Å². The number of nitrogens with two attached hydrogens (primary N) is 1. The van der Waals surface area contributed by atoms with Crippen molar-refractivity contribution in [3.63, 3.8) is 0 Å². The van der Waals surface area contributed by atoms with E-state index in [-0.39, 0.29) is 52.4 Å². The van der Waals surface area contributed by atoms with Crippen LogP contribution in [-0.2, 0) is 23.8 Å². The van der Waals surface area contributed by atoms with Gasteiger partial charge in [0.15, 0.2) is 29.1 Å². The van der Waals surface area contributed by atoms with Crippen molar-refractivity contribution in [3.05, 3.63) is 70.0 Å². The number of aliphatic hydroxyl groups excluding tert-OH is 6. The molecule has 0 amide bonds. The summed E-state index contributed by atoms with van der Waals surface area (Å²) < 4.78 is 29.3. The quantitative estimate of drug-likeness (QED) is 0.0998. The van der Waals surface area contributed by atoms with Crippen LogP contribution in [0.2, 0.25) is 0 Å². The van der Waals surface area contributed by atoms with Crippen molar-refractivity contribution >= 4 is 22.9 Å². The Hall–Kier alpha value is -5.29. The predicted molar refractivity (Wildman–Crippen MR) is 203 cm³/mol. The van der Waals surface area contributed by atoms with Gasteiger partial charge in [-0.3, -0.25) is 4.79 Å². The van der Waals surface area contributed by atoms with Crippen LogP contribution in [0.3, 0.4) is 0 Å². The summed E-state index contributed by atoms with van der Waals surface area (Å²) in [6, 6.07) is 5.98. The molecule has 4 aliphatic heterocycles. The number of nitrogens with one attached hydrogen (secondary N) is 1. The lowest BCUT2D eigenvalue weighted by atomic mass is 9.74. The number of carboxylic acid groups (broad SMARTS) is 1. The Kier molecular flexibility index (Phi) is 11.6. The van der Waals surface area contributed by atoms with Gasteiger partial charge in [-0.2, -0.15) is 0 Å². The maximum absolute atomic E-state index is 13.9. The molecule has 3 aromatic rings. The molecule has 4 aliphatic rings. The molecule has 13 atom stereocenters. The number of carboxylic acids is 1. The number of benzene rings is 2. The molecule has 0 aliphatic carbocycles. The fourth-order valence-corrected chi connectivity index (χ4v) is 8.12. The Balaban J connectivity index is 1.38. The summed E-state index contributed by atoms with van der Waals surface area (Å²) in [5.41, 5.74) is 5.76. The first-order valence-corrected chi connectivity index (χ1v) is 19.1. The molecule has 20 heteroatoms. The molecule has 2 fully saturated rings. The van der Waals surface area contributed by atoms with Crippen molar-refractivity contribution in [1.29, 1.82) is 0 Å². The molecule has 0 bridgehead atoms. The maximum Gasteiger partial charge on any atom is 0.340 e. The number of aromatic hydroxyl groups is 3. The number of phenolic OH excluding ortho intramolecular Hbond substituents is 3. The topological polar surface area (TPSA) is 342 Å². The Morgan fingerprint density at radius 2 is 1.67 bits per heavy atom. The summed E-state index contributed by atoms with van der Waals surface area (Å²) in [7, 11) is 0. The van der Waals surface area contributed by atoms with E-state index in [0.717, 1.165) is 12.1 Å². The molecule has 7 rings (SSSR count). The smallest absolute Gasteiger partial charge is 0.340 e. The SMILES string of the molecule is CC(C)CC[C@H]1C[C@H](C2=CNC(N)C=C2)c2c(cc3oc(-c4ccc(O)c(O)c4)cc(=O)c3c2O)O[C@]12O[C@H](C(=O)O[C@H]1O[C@H](C(=O)O)[C@@H](O)[C@H](O)[C@H]1O)[C@@H](O)[C@H](O)[C@H]2O. The number of hydrogen-bond donors (Lipinski definition) is 12. The first-order chi connectivity index (χ1) is 28.3. The molecule has 13 N–H and O–H groups in total. The van der Waals surface area contributed by atoms with Gasteiger partial charge in [0.2, 0.25) is 12.1 Å². The van der Waals surface area contributed by atoms with E-state index in [1.165, 1.54) is 18.2 Å². The number of allylic oxidation sites excluding steroid dienone is 2. The lowest BCUT2D eigenvalue weighted by molar-refractivity contribution is -0.354. The van der Waals surface area contributed by atoms with Gasteiger partial charge in [-0.25, -0.2) is 9.59 Å². The van der Waals surface area contributed by atoms with Crippen LogP contribution in [0.15, 0.2) is 63.5 Å². The highest BCUT2D eigenvalue weighted by molar-refractivity contribution is 5.89. The summed E-state index contributed by atoms with van der Waals surface area (Å²) in [6.45, 7) is 3.83. The van der Waals surface area contributed by atoms with Crippen molar-refractivity contribution in [3.8, 4) is 34.3 Å². The highest BCUT2D eigenvalue weighted by Gasteiger charge is 2.63. The van der Waals surface area contributed by atoms with Gasteiger partial charge < -0.3 is 85.5 Å². The molecule has 5 heterocycles. The molecule has 20 nitrogen and oxygen atoms in total. The van der Waals surface area contributed by atoms with Gasteiger partial charge in [0.05, 0.1) is 6.17 Å². The fraction of sp³-hybridized carbons (Fsp3) is 0.475. The zero-order valence-corrected chi connectivity index (χ0v) is 32.1. The summed E-state index contributed by atoms with van der Waals surface area (Å²) in [5.74, 6) is -9.62. The molecule has 0 radical (unpaired) electrons. The number of hydrogen-bond acceptors (Lipinski definition) is 19. The molecule has 1 spiro atoms. The number of rotatable bonds is 8. The number of phenols is 3. The van der Waals surface area contributed by atoms with Crippen molar-refractivity contribution in [2.45, 2.75) is 106 Å². The Bertz CT molecular complexity index is 2280. The monoisotopic (exact) mass is 842 g/mol. The number of fused-ring (bicyclic) bond motifs is 2. The molecule has 2 aromatic carbocycles. The van der Waals surface area contributed by atoms with E-state index in [9.17, 15) is 65.4 Å². The Labute approximate surface area is 339 Å². The molecular weight excluding hydrogens is 796 g/mol. The molecule has 0 saturated carbocycles. The van der Waals surface area contributed by atoms with Crippen molar-refractivity contribution in [2.24, 2.45) is 17.6 Å². The number of carbonyl (C=O) groups excluding carboxylic acids is 1. The second-order valence-electron chi connectivity index (χ2n) is 15.8. The number of aliphatic hydroxyl groups is 6. The minimum Gasteiger partial charge on any atom is -0.507 e. The number of aliphatic carboxylic acids is 1. The summed E-state index contributed by atoms with van der Waals surface area (Å²) >= 11 is 0. The van der Waals surface area contributed by atoms with E-state index in [4.69, 9.17) is 29.1 Å². The van der Waals surface area contributed by atoms with Crippen LogP contribution in [0, 0.1) is 11.8 Å². The molecule has 1 unspecified atom stereocenters. The predicted octanol–water partition coefficient (Wildman–Crippen LogP) is -0.563. The summed E-state index contributed by atoms with van der Waals surface area (Å²) in [4.78, 5) is 39.4. The lowest BCUT2D eigenvalue weighted by Gasteiger charge is -2.50. The van der Waals surface area contributed by atoms with E-state index in [0.29, 0.717) is 12.0 Å². The van der Waals surface area contributed by atoms with Crippen LogP contribution >= 0.6 is 0 Å². The van der Waals surface area contributed by atoms with E-state index in [1.54, 1.807) is 18.4 Å². The number of ether oxygens (including phenoxy) is 4. The Morgan fingerprint density at radius 3 is 2.32 bits per heavy atom. The lowest BCUT2D eigenvalue weighted by Crippen LogP contribution is -2.71. The highest BCUT2D eigenvalue weighted by atomic mass is 16.8. The molecule has 324 valence electrons. The van der Waals surface area contributed by atoms with Crippen LogP contribution in [0.4, 0.5) is 0 Å². The molecular formula is C40H46N2O18. The molecule has 60 heavy (non-hydrogen) atoms. The maximum atomic E-state index is 13.9. The van der Waals surface area contributed by atoms with Crippen molar-refractivity contribution in [2.75, 3.05) is 0 Å². The zero-order valence-electron chi connectivity index (χ0n) is 32.1. The minimum atomic E-state index is -2.49. The van der Waals surface area contributed by atoms with Crippen LogP contribution in [0.1, 0.15) is 44.6 Å². The second-order valence-corrected chi connectivity index (χ2v) is 15.8. The van der Waals surface area contributed by atoms with Crippen LogP contribution in [-0.4, -0.2) is 130 Å². The Morgan fingerprint density at radius 1 is 0.950 bits per heavy atom. The van der Waals surface area contributed by atoms with Crippen LogP contribution in [0.25, 0.3) is 22.3 Å². The van der Waals surface area contributed by atoms with E-state index >= 15 is 0 Å². The minimum absolute atomic E-state index is 0.00550. The van der Waals surface area contributed by atoms with Crippen LogP contribution in [0.5, 0.6) is 23.0 Å². The molecule has 1 aromatic heterocycles. The average Bonchev–Trinajstić information content (AvgIpc) is 3.33. The van der Waals surface area contributed by atoms with Gasteiger partial charge in [0.25, 0.3) is 0 Å². The normalized spacial score (nSPS) is 34.0. The highest BCUT2D eigenvalue weighted by Crippen LogP contribution is 2.54. The first kappa shape index (κ1) is 42.8. The van der Waals surface area contributed by atoms with Crippen LogP contribution < -0.4 is 21.2 Å². The van der Waals surface area contributed by atoms with Gasteiger partial charge in [0.1, 0.15) is 64.9 Å². The largest absolute Gasteiger partial charge is 0.507 e. The third-order valence-electron chi connectivity index (χ3n) is 11.4. The van der Waals surface area contributed by atoms with Crippen molar-refractivity contribution < 1.29 is 84.0 Å². The standard InChI is InChI=1S/C40H46N2O18/c1-14(2)3-6-17-10-18(16-5-8-25(41)42-13-16)26-24(12-23-27(28(26)46)21(45)11-22(56-23)15-4-7-19(43)20(44)9-15)59-40(17)36(52)32(50)31(49)35(60-40)38(55)58-39-33(51)29(47)30(48)34(57-39)37(53)54/h4-5,7-9,11-14,17-18,25,29-36,39,42-44,46-52H,3,6,10,41H2,1-2H3,(H,53,54)/t17-,18+,25?,29-,30-,31-,32-,33+,34-,35-,36+,39+,40-/m0/s1.